The number of ether oxygens (including phenoxy) is 1. The molecule has 0 unspecified atom stereocenters. The second-order valence-corrected chi connectivity index (χ2v) is 6.39. The third-order valence-electron chi connectivity index (χ3n) is 4.24. The maximum Gasteiger partial charge on any atom is 0.0491 e. The first kappa shape index (κ1) is 17.3. The molecular formula is C16H33NOS. The van der Waals surface area contributed by atoms with E-state index in [1.54, 1.807) is 0 Å². The molecule has 0 spiro atoms. The van der Waals surface area contributed by atoms with Crippen LogP contribution in [0.3, 0.4) is 0 Å². The lowest BCUT2D eigenvalue weighted by Gasteiger charge is -2.31. The molecule has 1 aliphatic rings. The monoisotopic (exact) mass is 287 g/mol. The molecule has 0 N–H and O–H groups in total. The smallest absolute Gasteiger partial charge is 0.0491 e. The number of hydrogen-bond acceptors (Lipinski definition) is 3. The average Bonchev–Trinajstić information content (AvgIpc) is 2.44. The largest absolute Gasteiger partial charge is 0.384 e. The highest BCUT2D eigenvalue weighted by Gasteiger charge is 2.18. The average molecular weight is 288 g/mol. The number of likely N-dealkylation sites (tertiary alicyclic amines) is 1. The van der Waals surface area contributed by atoms with E-state index >= 15 is 0 Å². The predicted molar refractivity (Wildman–Crippen MR) is 87.2 cm³/mol. The van der Waals surface area contributed by atoms with Gasteiger partial charge in [-0.25, -0.2) is 0 Å². The molecule has 0 bridgehead atoms. The van der Waals surface area contributed by atoms with E-state index in [0.717, 1.165) is 18.3 Å². The minimum absolute atomic E-state index is 0.813. The van der Waals surface area contributed by atoms with Gasteiger partial charge in [0.2, 0.25) is 0 Å². The molecule has 0 atom stereocenters. The standard InChI is InChI=1S/C16H33NOS/c1-18-15-16-9-12-17(13-10-16)11-7-5-3-2-4-6-8-14-19/h16,19H,2-15H2,1H3. The summed E-state index contributed by atoms with van der Waals surface area (Å²) in [5.41, 5.74) is 0. The summed E-state index contributed by atoms with van der Waals surface area (Å²) >= 11 is 4.24. The highest BCUT2D eigenvalue weighted by Crippen LogP contribution is 2.18. The van der Waals surface area contributed by atoms with Gasteiger partial charge in [-0.2, -0.15) is 12.6 Å². The van der Waals surface area contributed by atoms with Crippen molar-refractivity contribution in [2.45, 2.75) is 57.8 Å². The van der Waals surface area contributed by atoms with Crippen molar-refractivity contribution in [3.8, 4) is 0 Å². The van der Waals surface area contributed by atoms with Crippen LogP contribution < -0.4 is 0 Å². The second kappa shape index (κ2) is 12.0. The first-order chi connectivity index (χ1) is 9.36. The lowest BCUT2D eigenvalue weighted by Crippen LogP contribution is -2.35. The number of methoxy groups -OCH3 is 1. The van der Waals surface area contributed by atoms with Crippen LogP contribution in [0.4, 0.5) is 0 Å². The molecule has 2 nitrogen and oxygen atoms in total. The van der Waals surface area contributed by atoms with Gasteiger partial charge < -0.3 is 9.64 Å². The molecule has 114 valence electrons. The van der Waals surface area contributed by atoms with E-state index in [0.29, 0.717) is 0 Å². The van der Waals surface area contributed by atoms with Crippen LogP contribution >= 0.6 is 12.6 Å². The van der Waals surface area contributed by atoms with Crippen LogP contribution in [0, 0.1) is 5.92 Å². The van der Waals surface area contributed by atoms with Crippen LogP contribution in [0.2, 0.25) is 0 Å². The fourth-order valence-electron chi connectivity index (χ4n) is 2.94. The SMILES string of the molecule is COCC1CCN(CCCCCCCCCS)CC1. The fourth-order valence-corrected chi connectivity index (χ4v) is 3.17. The number of thiol groups is 1. The molecule has 1 rings (SSSR count). The Kier molecular flexibility index (Phi) is 11.0. The van der Waals surface area contributed by atoms with E-state index in [2.05, 4.69) is 17.5 Å². The van der Waals surface area contributed by atoms with Gasteiger partial charge in [-0.1, -0.05) is 32.1 Å². The van der Waals surface area contributed by atoms with Crippen LogP contribution in [-0.4, -0.2) is 44.0 Å². The molecule has 0 aromatic rings. The van der Waals surface area contributed by atoms with Crippen molar-refractivity contribution in [2.24, 2.45) is 5.92 Å². The highest BCUT2D eigenvalue weighted by molar-refractivity contribution is 7.80. The van der Waals surface area contributed by atoms with Gasteiger partial charge >= 0.3 is 0 Å². The van der Waals surface area contributed by atoms with Gasteiger partial charge in [-0.05, 0) is 57.0 Å². The third-order valence-corrected chi connectivity index (χ3v) is 4.56. The van der Waals surface area contributed by atoms with Crippen molar-refractivity contribution in [3.05, 3.63) is 0 Å². The molecule has 3 heteroatoms. The van der Waals surface area contributed by atoms with E-state index in [9.17, 15) is 0 Å². The Bertz CT molecular complexity index is 193. The summed E-state index contributed by atoms with van der Waals surface area (Å²) in [6.45, 7) is 4.85. The van der Waals surface area contributed by atoms with Gasteiger partial charge in [0.1, 0.15) is 0 Å². The first-order valence-corrected chi connectivity index (χ1v) is 8.82. The molecule has 0 aliphatic carbocycles. The van der Waals surface area contributed by atoms with Gasteiger partial charge in [0.25, 0.3) is 0 Å². The normalized spacial score (nSPS) is 18.0. The van der Waals surface area contributed by atoms with Crippen molar-refractivity contribution < 1.29 is 4.74 Å². The van der Waals surface area contributed by atoms with Crippen LogP contribution in [0.1, 0.15) is 57.8 Å². The molecule has 0 radical (unpaired) electrons. The Hall–Kier alpha value is 0.270. The fraction of sp³-hybridized carbons (Fsp3) is 1.00. The van der Waals surface area contributed by atoms with Crippen molar-refractivity contribution in [2.75, 3.05) is 39.1 Å². The summed E-state index contributed by atoms with van der Waals surface area (Å²) in [6, 6.07) is 0. The number of hydrogen-bond donors (Lipinski definition) is 1. The Balaban J connectivity index is 1.85. The van der Waals surface area contributed by atoms with Crippen LogP contribution in [-0.2, 0) is 4.74 Å². The van der Waals surface area contributed by atoms with Crippen molar-refractivity contribution in [1.82, 2.24) is 4.90 Å². The summed E-state index contributed by atoms with van der Waals surface area (Å²) in [4.78, 5) is 2.65. The molecule has 19 heavy (non-hydrogen) atoms. The summed E-state index contributed by atoms with van der Waals surface area (Å²) < 4.78 is 5.25. The van der Waals surface area contributed by atoms with Crippen LogP contribution in [0.5, 0.6) is 0 Å². The zero-order valence-electron chi connectivity index (χ0n) is 12.8. The van der Waals surface area contributed by atoms with E-state index < -0.39 is 0 Å². The van der Waals surface area contributed by atoms with Gasteiger partial charge in [-0.3, -0.25) is 0 Å². The molecular weight excluding hydrogens is 254 g/mol. The van der Waals surface area contributed by atoms with Gasteiger partial charge in [0, 0.05) is 13.7 Å². The molecule has 1 aliphatic heterocycles. The predicted octanol–water partition coefficient (Wildman–Crippen LogP) is 4.01. The van der Waals surface area contributed by atoms with Gasteiger partial charge in [0.15, 0.2) is 0 Å². The van der Waals surface area contributed by atoms with Crippen LogP contribution in [0.25, 0.3) is 0 Å². The quantitative estimate of drug-likeness (QED) is 0.455. The molecule has 1 fully saturated rings. The number of nitrogens with zero attached hydrogens (tertiary/aromatic N) is 1. The molecule has 1 heterocycles. The molecule has 0 aromatic heterocycles. The number of unbranched alkanes of at least 4 members (excludes halogenated alkanes) is 6. The maximum atomic E-state index is 5.25. The van der Waals surface area contributed by atoms with E-state index in [1.807, 2.05) is 7.11 Å². The lowest BCUT2D eigenvalue weighted by atomic mass is 9.97. The molecule has 1 saturated heterocycles. The number of rotatable bonds is 11. The second-order valence-electron chi connectivity index (χ2n) is 5.94. The summed E-state index contributed by atoms with van der Waals surface area (Å²) in [6.07, 6.45) is 12.4. The molecule has 0 saturated carbocycles. The van der Waals surface area contributed by atoms with E-state index in [1.165, 1.54) is 77.4 Å². The van der Waals surface area contributed by atoms with Gasteiger partial charge in [0.05, 0.1) is 0 Å². The number of piperidine rings is 1. The van der Waals surface area contributed by atoms with E-state index in [4.69, 9.17) is 4.74 Å². The topological polar surface area (TPSA) is 12.5 Å². The first-order valence-electron chi connectivity index (χ1n) is 8.19. The Morgan fingerprint density at radius 3 is 2.11 bits per heavy atom. The molecule has 0 aromatic carbocycles. The minimum atomic E-state index is 0.813. The third kappa shape index (κ3) is 8.93. The summed E-state index contributed by atoms with van der Waals surface area (Å²) in [7, 11) is 1.82. The Morgan fingerprint density at radius 2 is 1.53 bits per heavy atom. The Labute approximate surface area is 125 Å². The highest BCUT2D eigenvalue weighted by atomic mass is 32.1. The van der Waals surface area contributed by atoms with Crippen molar-refractivity contribution in [3.63, 3.8) is 0 Å². The molecule has 0 amide bonds. The van der Waals surface area contributed by atoms with Gasteiger partial charge in [-0.15, -0.1) is 0 Å². The van der Waals surface area contributed by atoms with Crippen molar-refractivity contribution in [1.29, 1.82) is 0 Å². The zero-order valence-corrected chi connectivity index (χ0v) is 13.7. The lowest BCUT2D eigenvalue weighted by molar-refractivity contribution is 0.0988. The minimum Gasteiger partial charge on any atom is -0.384 e. The van der Waals surface area contributed by atoms with Crippen molar-refractivity contribution >= 4 is 12.6 Å². The maximum absolute atomic E-state index is 5.25. The Morgan fingerprint density at radius 1 is 0.947 bits per heavy atom. The van der Waals surface area contributed by atoms with E-state index in [-0.39, 0.29) is 0 Å². The van der Waals surface area contributed by atoms with Crippen LogP contribution in [0.15, 0.2) is 0 Å². The summed E-state index contributed by atoms with van der Waals surface area (Å²) in [5, 5.41) is 0. The summed E-state index contributed by atoms with van der Waals surface area (Å²) in [5.74, 6) is 1.87. The zero-order chi connectivity index (χ0) is 13.8.